The number of unbranched alkanes of at least 4 members (excludes halogenated alkanes) is 3. The van der Waals surface area contributed by atoms with Gasteiger partial charge in [0.2, 0.25) is 0 Å². The number of hydrogen-bond acceptors (Lipinski definition) is 1. The van der Waals surface area contributed by atoms with E-state index in [1.807, 2.05) is 0 Å². The normalized spacial score (nSPS) is 11.3. The van der Waals surface area contributed by atoms with Crippen molar-refractivity contribution in [2.24, 2.45) is 0 Å². The predicted molar refractivity (Wildman–Crippen MR) is 148 cm³/mol. The van der Waals surface area contributed by atoms with Crippen molar-refractivity contribution in [2.75, 3.05) is 0 Å². The van der Waals surface area contributed by atoms with E-state index in [9.17, 15) is 0 Å². The first-order chi connectivity index (χ1) is 16.7. The van der Waals surface area contributed by atoms with Gasteiger partial charge in [0.05, 0.1) is 0 Å². The van der Waals surface area contributed by atoms with Crippen molar-refractivity contribution in [1.29, 1.82) is 0 Å². The van der Waals surface area contributed by atoms with Crippen LogP contribution < -0.4 is 0 Å². The Kier molecular flexibility index (Phi) is 11.4. The highest BCUT2D eigenvalue weighted by Crippen LogP contribution is 2.23. The van der Waals surface area contributed by atoms with E-state index in [0.717, 1.165) is 19.6 Å². The summed E-state index contributed by atoms with van der Waals surface area (Å²) in [6.07, 6.45) is 11.1. The molecule has 1 heteroatoms. The van der Waals surface area contributed by atoms with Gasteiger partial charge >= 0.3 is 0 Å². The Labute approximate surface area is 209 Å². The first-order valence-electron chi connectivity index (χ1n) is 13.7. The lowest BCUT2D eigenvalue weighted by Gasteiger charge is -2.26. The third-order valence-electron chi connectivity index (χ3n) is 6.94. The van der Waals surface area contributed by atoms with E-state index < -0.39 is 0 Å². The Bertz CT molecular complexity index is 846. The lowest BCUT2D eigenvalue weighted by molar-refractivity contribution is 0.245. The van der Waals surface area contributed by atoms with Gasteiger partial charge in [0.15, 0.2) is 0 Å². The fraction of sp³-hybridized carbons (Fsp3) is 0.455. The molecule has 0 spiro atoms. The van der Waals surface area contributed by atoms with Gasteiger partial charge < -0.3 is 0 Å². The van der Waals surface area contributed by atoms with Gasteiger partial charge in [-0.25, -0.2) is 0 Å². The maximum absolute atomic E-state index is 2.68. The molecule has 34 heavy (non-hydrogen) atoms. The standard InChI is InChI=1S/C33H45N/c1-4-7-16-28-19-10-13-22-31(28)25-34(26-32-23-14-11-20-29(32)17-8-5-2)27-33-24-15-12-21-30(33)18-9-6-3/h10-15,19-24H,4-9,16-18,25-27H2,1-3H3. The van der Waals surface area contributed by atoms with Crippen molar-refractivity contribution < 1.29 is 0 Å². The molecule has 0 fully saturated rings. The van der Waals surface area contributed by atoms with Gasteiger partial charge in [0.1, 0.15) is 0 Å². The summed E-state index contributed by atoms with van der Waals surface area (Å²) in [7, 11) is 0. The number of benzene rings is 3. The fourth-order valence-electron chi connectivity index (χ4n) is 4.86. The first-order valence-corrected chi connectivity index (χ1v) is 13.7. The fourth-order valence-corrected chi connectivity index (χ4v) is 4.86. The molecule has 0 saturated carbocycles. The van der Waals surface area contributed by atoms with E-state index in [0.29, 0.717) is 0 Å². The summed E-state index contributed by atoms with van der Waals surface area (Å²) >= 11 is 0. The van der Waals surface area contributed by atoms with Crippen LogP contribution in [-0.4, -0.2) is 4.90 Å². The van der Waals surface area contributed by atoms with Crippen molar-refractivity contribution in [3.63, 3.8) is 0 Å². The van der Waals surface area contributed by atoms with Crippen molar-refractivity contribution >= 4 is 0 Å². The molecule has 1 nitrogen and oxygen atoms in total. The zero-order valence-corrected chi connectivity index (χ0v) is 21.9. The monoisotopic (exact) mass is 455 g/mol. The molecule has 3 aromatic carbocycles. The average Bonchev–Trinajstić information content (AvgIpc) is 2.87. The van der Waals surface area contributed by atoms with Crippen LogP contribution in [0.1, 0.15) is 92.7 Å². The smallest absolute Gasteiger partial charge is 0.0243 e. The molecule has 182 valence electrons. The van der Waals surface area contributed by atoms with E-state index in [4.69, 9.17) is 0 Å². The molecular formula is C33H45N. The molecule has 0 aliphatic rings. The van der Waals surface area contributed by atoms with E-state index >= 15 is 0 Å². The van der Waals surface area contributed by atoms with Crippen molar-refractivity contribution in [2.45, 2.75) is 98.2 Å². The van der Waals surface area contributed by atoms with Crippen LogP contribution in [0.3, 0.4) is 0 Å². The number of hydrogen-bond donors (Lipinski definition) is 0. The summed E-state index contributed by atoms with van der Waals surface area (Å²) in [5.41, 5.74) is 9.04. The van der Waals surface area contributed by atoms with Crippen molar-refractivity contribution in [3.05, 3.63) is 106 Å². The number of nitrogens with zero attached hydrogens (tertiary/aromatic N) is 1. The van der Waals surface area contributed by atoms with Crippen molar-refractivity contribution in [3.8, 4) is 0 Å². The summed E-state index contributed by atoms with van der Waals surface area (Å²) in [6, 6.07) is 27.3. The second kappa shape index (κ2) is 14.8. The van der Waals surface area contributed by atoms with Crippen molar-refractivity contribution in [1.82, 2.24) is 4.90 Å². The van der Waals surface area contributed by atoms with Gasteiger partial charge in [-0.2, -0.15) is 0 Å². The maximum Gasteiger partial charge on any atom is 0.0243 e. The molecule has 0 atom stereocenters. The molecule has 0 aliphatic carbocycles. The molecule has 3 aromatic rings. The highest BCUT2D eigenvalue weighted by molar-refractivity contribution is 5.31. The van der Waals surface area contributed by atoms with Crippen LogP contribution in [0.2, 0.25) is 0 Å². The molecule has 0 unspecified atom stereocenters. The maximum atomic E-state index is 2.68. The second-order valence-corrected chi connectivity index (χ2v) is 9.76. The zero-order chi connectivity index (χ0) is 24.0. The van der Waals surface area contributed by atoms with Crippen LogP contribution in [-0.2, 0) is 38.9 Å². The topological polar surface area (TPSA) is 3.24 Å². The molecule has 3 rings (SSSR count). The quantitative estimate of drug-likeness (QED) is 0.221. The second-order valence-electron chi connectivity index (χ2n) is 9.76. The molecule has 0 aromatic heterocycles. The van der Waals surface area contributed by atoms with Gasteiger partial charge in [-0.3, -0.25) is 4.90 Å². The first kappa shape index (κ1) is 26.2. The highest BCUT2D eigenvalue weighted by atomic mass is 15.1. The van der Waals surface area contributed by atoms with Crippen LogP contribution in [0, 0.1) is 0 Å². The lowest BCUT2D eigenvalue weighted by atomic mass is 9.98. The Balaban J connectivity index is 1.89. The number of rotatable bonds is 15. The lowest BCUT2D eigenvalue weighted by Crippen LogP contribution is -2.24. The van der Waals surface area contributed by atoms with Gasteiger partial charge in [-0.1, -0.05) is 113 Å². The zero-order valence-electron chi connectivity index (χ0n) is 21.9. The summed E-state index contributed by atoms with van der Waals surface area (Å²) < 4.78 is 0. The Morgan fingerprint density at radius 2 is 0.676 bits per heavy atom. The average molecular weight is 456 g/mol. The minimum absolute atomic E-state index is 1.00. The predicted octanol–water partition coefficient (Wildman–Crippen LogP) is 8.92. The summed E-state index contributed by atoms with van der Waals surface area (Å²) in [5.74, 6) is 0. The minimum Gasteiger partial charge on any atom is -0.291 e. The van der Waals surface area contributed by atoms with Crippen LogP contribution in [0.25, 0.3) is 0 Å². The van der Waals surface area contributed by atoms with E-state index in [2.05, 4.69) is 98.5 Å². The molecule has 0 N–H and O–H groups in total. The van der Waals surface area contributed by atoms with E-state index in [1.165, 1.54) is 91.2 Å². The molecule has 0 radical (unpaired) electrons. The van der Waals surface area contributed by atoms with Gasteiger partial charge in [-0.15, -0.1) is 0 Å². The minimum atomic E-state index is 1.00. The van der Waals surface area contributed by atoms with E-state index in [-0.39, 0.29) is 0 Å². The number of aryl methyl sites for hydroxylation is 3. The third kappa shape index (κ3) is 8.13. The SMILES string of the molecule is CCCCc1ccccc1CN(Cc1ccccc1CCCC)Cc1ccccc1CCCC. The molecule has 0 aliphatic heterocycles. The Morgan fingerprint density at radius 3 is 0.941 bits per heavy atom. The van der Waals surface area contributed by atoms with Gasteiger partial charge in [-0.05, 0) is 71.9 Å². The van der Waals surface area contributed by atoms with Gasteiger partial charge in [0, 0.05) is 19.6 Å². The highest BCUT2D eigenvalue weighted by Gasteiger charge is 2.14. The summed E-state index contributed by atoms with van der Waals surface area (Å²) in [6.45, 7) is 9.87. The van der Waals surface area contributed by atoms with Crippen LogP contribution in [0.15, 0.2) is 72.8 Å². The summed E-state index contributed by atoms with van der Waals surface area (Å²) in [5, 5.41) is 0. The summed E-state index contributed by atoms with van der Waals surface area (Å²) in [4.78, 5) is 2.68. The largest absolute Gasteiger partial charge is 0.291 e. The van der Waals surface area contributed by atoms with Crippen LogP contribution in [0.5, 0.6) is 0 Å². The molecular weight excluding hydrogens is 410 g/mol. The molecule has 0 amide bonds. The molecule has 0 saturated heterocycles. The van der Waals surface area contributed by atoms with Crippen LogP contribution >= 0.6 is 0 Å². The molecule has 0 bridgehead atoms. The van der Waals surface area contributed by atoms with Gasteiger partial charge in [0.25, 0.3) is 0 Å². The van der Waals surface area contributed by atoms with Crippen LogP contribution in [0.4, 0.5) is 0 Å². The molecule has 0 heterocycles. The Hall–Kier alpha value is -2.38. The van der Waals surface area contributed by atoms with E-state index in [1.54, 1.807) is 0 Å². The Morgan fingerprint density at radius 1 is 0.412 bits per heavy atom. The third-order valence-corrected chi connectivity index (χ3v) is 6.94.